The summed E-state index contributed by atoms with van der Waals surface area (Å²) in [6, 6.07) is 6.81. The van der Waals surface area contributed by atoms with E-state index in [2.05, 4.69) is 9.97 Å². The van der Waals surface area contributed by atoms with Gasteiger partial charge in [0.15, 0.2) is 0 Å². The zero-order valence-corrected chi connectivity index (χ0v) is 14.6. The first-order valence-electron chi connectivity index (χ1n) is 8.43. The number of nitrogens with zero attached hydrogens (tertiary/aromatic N) is 3. The highest BCUT2D eigenvalue weighted by Gasteiger charge is 2.38. The molecule has 0 N–H and O–H groups in total. The first kappa shape index (κ1) is 17.7. The van der Waals surface area contributed by atoms with Crippen LogP contribution in [0.5, 0.6) is 0 Å². The third kappa shape index (κ3) is 3.62. The maximum atomic E-state index is 13.6. The monoisotopic (exact) mass is 349 g/mol. The second-order valence-corrected chi connectivity index (χ2v) is 7.44. The van der Waals surface area contributed by atoms with Gasteiger partial charge in [-0.3, -0.25) is 4.98 Å². The summed E-state index contributed by atoms with van der Waals surface area (Å²) in [5.74, 6) is 0.369. The molecule has 3 nitrogen and oxygen atoms in total. The minimum Gasteiger partial charge on any atom is -0.348 e. The lowest BCUT2D eigenvalue weighted by Crippen LogP contribution is -2.26. The molecule has 2 aromatic heterocycles. The Morgan fingerprint density at radius 1 is 1.08 bits per heavy atom. The molecule has 1 fully saturated rings. The van der Waals surface area contributed by atoms with Gasteiger partial charge in [0.2, 0.25) is 0 Å². The predicted molar refractivity (Wildman–Crippen MR) is 91.5 cm³/mol. The molecule has 3 heterocycles. The van der Waals surface area contributed by atoms with Crippen LogP contribution in [0.15, 0.2) is 36.7 Å². The summed E-state index contributed by atoms with van der Waals surface area (Å²) in [4.78, 5) is 10.7. The van der Waals surface area contributed by atoms with Gasteiger partial charge in [-0.15, -0.1) is 0 Å². The highest BCUT2D eigenvalue weighted by atomic mass is 19.4. The van der Waals surface area contributed by atoms with E-state index in [1.807, 2.05) is 23.1 Å². The Kier molecular flexibility index (Phi) is 4.47. The first-order chi connectivity index (χ1) is 11.7. The van der Waals surface area contributed by atoms with Crippen LogP contribution in [0, 0.1) is 0 Å². The van der Waals surface area contributed by atoms with Crippen molar-refractivity contribution in [1.82, 2.24) is 9.97 Å². The van der Waals surface area contributed by atoms with Crippen molar-refractivity contribution < 1.29 is 13.2 Å². The molecule has 0 spiro atoms. The normalized spacial score (nSPS) is 18.6. The van der Waals surface area contributed by atoms with Gasteiger partial charge in [0.05, 0.1) is 17.3 Å². The zero-order valence-electron chi connectivity index (χ0n) is 14.6. The topological polar surface area (TPSA) is 29.0 Å². The van der Waals surface area contributed by atoms with E-state index in [0.29, 0.717) is 12.4 Å². The molecule has 0 bridgehead atoms. The molecule has 134 valence electrons. The van der Waals surface area contributed by atoms with E-state index in [4.69, 9.17) is 0 Å². The third-order valence-electron chi connectivity index (χ3n) is 4.58. The Bertz CT molecular complexity index is 736. The Labute approximate surface area is 145 Å². The second-order valence-electron chi connectivity index (χ2n) is 7.44. The molecular weight excluding hydrogens is 327 g/mol. The van der Waals surface area contributed by atoms with E-state index in [-0.39, 0.29) is 11.6 Å². The van der Waals surface area contributed by atoms with Gasteiger partial charge in [-0.05, 0) is 42.0 Å². The molecule has 3 rings (SSSR count). The number of hydrogen-bond acceptors (Lipinski definition) is 3. The van der Waals surface area contributed by atoms with Crippen LogP contribution in [0.2, 0.25) is 0 Å². The van der Waals surface area contributed by atoms with Crippen molar-refractivity contribution >= 4 is 5.82 Å². The highest BCUT2D eigenvalue weighted by Crippen LogP contribution is 2.41. The molecule has 0 saturated carbocycles. The molecule has 0 radical (unpaired) electrons. The molecule has 0 aromatic carbocycles. The van der Waals surface area contributed by atoms with E-state index in [1.165, 1.54) is 12.3 Å². The molecular formula is C19H22F3N3. The summed E-state index contributed by atoms with van der Waals surface area (Å²) < 4.78 is 40.8. The second kappa shape index (κ2) is 6.32. The van der Waals surface area contributed by atoms with Gasteiger partial charge in [0.25, 0.3) is 0 Å². The van der Waals surface area contributed by atoms with Crippen molar-refractivity contribution in [2.45, 2.75) is 51.2 Å². The van der Waals surface area contributed by atoms with Crippen molar-refractivity contribution in [3.8, 4) is 0 Å². The molecule has 25 heavy (non-hydrogen) atoms. The van der Waals surface area contributed by atoms with Gasteiger partial charge in [-0.1, -0.05) is 26.8 Å². The number of pyridine rings is 2. The summed E-state index contributed by atoms with van der Waals surface area (Å²) in [6.45, 7) is 5.99. The molecule has 1 aliphatic heterocycles. The summed E-state index contributed by atoms with van der Waals surface area (Å²) >= 11 is 0. The molecule has 1 saturated heterocycles. The first-order valence-corrected chi connectivity index (χ1v) is 8.43. The molecule has 1 aliphatic rings. The fourth-order valence-corrected chi connectivity index (χ4v) is 3.36. The Hall–Kier alpha value is -2.11. The third-order valence-corrected chi connectivity index (χ3v) is 4.58. The van der Waals surface area contributed by atoms with Gasteiger partial charge in [0, 0.05) is 18.9 Å². The van der Waals surface area contributed by atoms with Crippen LogP contribution < -0.4 is 4.90 Å². The number of hydrogen-bond donors (Lipinski definition) is 0. The average molecular weight is 349 g/mol. The largest absolute Gasteiger partial charge is 0.416 e. The molecule has 1 unspecified atom stereocenters. The van der Waals surface area contributed by atoms with Crippen LogP contribution in [0.25, 0.3) is 0 Å². The van der Waals surface area contributed by atoms with E-state index in [1.54, 1.807) is 27.0 Å². The van der Waals surface area contributed by atoms with Gasteiger partial charge >= 0.3 is 6.18 Å². The fourth-order valence-electron chi connectivity index (χ4n) is 3.36. The maximum absolute atomic E-state index is 13.6. The van der Waals surface area contributed by atoms with Crippen LogP contribution in [0.4, 0.5) is 19.0 Å². The predicted octanol–water partition coefficient (Wildman–Crippen LogP) is 5.13. The van der Waals surface area contributed by atoms with Crippen LogP contribution >= 0.6 is 0 Å². The Morgan fingerprint density at radius 3 is 2.44 bits per heavy atom. The summed E-state index contributed by atoms with van der Waals surface area (Å²) in [7, 11) is 0. The SMILES string of the molecule is CC(C)(C)c1cnc(N2CCCC2c2ccccn2)cc1C(F)(F)F. The van der Waals surface area contributed by atoms with Crippen LogP contribution in [0.3, 0.4) is 0 Å². The smallest absolute Gasteiger partial charge is 0.348 e. The van der Waals surface area contributed by atoms with Crippen molar-refractivity contribution in [2.75, 3.05) is 11.4 Å². The number of rotatable bonds is 2. The standard InChI is InChI=1S/C19H22F3N3/c1-18(2,3)14-12-24-17(11-13(14)19(20,21)22)25-10-6-8-16(25)15-7-4-5-9-23-15/h4-5,7,9,11-12,16H,6,8,10H2,1-3H3. The molecule has 6 heteroatoms. The lowest BCUT2D eigenvalue weighted by atomic mass is 9.85. The molecule has 1 atom stereocenters. The van der Waals surface area contributed by atoms with Crippen LogP contribution in [-0.4, -0.2) is 16.5 Å². The van der Waals surface area contributed by atoms with Gasteiger partial charge < -0.3 is 4.90 Å². The molecule has 2 aromatic rings. The lowest BCUT2D eigenvalue weighted by molar-refractivity contribution is -0.138. The fraction of sp³-hybridized carbons (Fsp3) is 0.474. The molecule has 0 aliphatic carbocycles. The summed E-state index contributed by atoms with van der Waals surface area (Å²) in [5, 5.41) is 0. The molecule has 0 amide bonds. The number of aromatic nitrogens is 2. The number of alkyl halides is 3. The Morgan fingerprint density at radius 2 is 1.84 bits per heavy atom. The van der Waals surface area contributed by atoms with Gasteiger partial charge in [0.1, 0.15) is 5.82 Å². The van der Waals surface area contributed by atoms with Crippen LogP contribution in [-0.2, 0) is 11.6 Å². The lowest BCUT2D eigenvalue weighted by Gasteiger charge is -2.29. The minimum atomic E-state index is -4.40. The van der Waals surface area contributed by atoms with E-state index in [0.717, 1.165) is 18.5 Å². The average Bonchev–Trinajstić information content (AvgIpc) is 3.03. The summed E-state index contributed by atoms with van der Waals surface area (Å²) in [5.41, 5.74) is -0.133. The van der Waals surface area contributed by atoms with E-state index < -0.39 is 17.2 Å². The van der Waals surface area contributed by atoms with Crippen molar-refractivity contribution in [3.63, 3.8) is 0 Å². The van der Waals surface area contributed by atoms with E-state index in [9.17, 15) is 13.2 Å². The van der Waals surface area contributed by atoms with Crippen molar-refractivity contribution in [3.05, 3.63) is 53.5 Å². The number of halogens is 3. The van der Waals surface area contributed by atoms with Gasteiger partial charge in [-0.2, -0.15) is 13.2 Å². The van der Waals surface area contributed by atoms with E-state index >= 15 is 0 Å². The van der Waals surface area contributed by atoms with Crippen molar-refractivity contribution in [2.24, 2.45) is 0 Å². The zero-order chi connectivity index (χ0) is 18.2. The quantitative estimate of drug-likeness (QED) is 0.752. The van der Waals surface area contributed by atoms with Crippen molar-refractivity contribution in [1.29, 1.82) is 0 Å². The Balaban J connectivity index is 2.03. The van der Waals surface area contributed by atoms with Crippen LogP contribution in [0.1, 0.15) is 56.5 Å². The van der Waals surface area contributed by atoms with Gasteiger partial charge in [-0.25, -0.2) is 4.98 Å². The summed E-state index contributed by atoms with van der Waals surface area (Å²) in [6.07, 6.45) is 0.460. The maximum Gasteiger partial charge on any atom is 0.416 e. The minimum absolute atomic E-state index is 0.0322. The number of anilines is 1. The highest BCUT2D eigenvalue weighted by molar-refractivity contribution is 5.49.